The second kappa shape index (κ2) is 8.64. The molecule has 0 aromatic rings. The zero-order valence-electron chi connectivity index (χ0n) is 12.3. The molecule has 2 atom stereocenters. The van der Waals surface area contributed by atoms with Crippen molar-refractivity contribution in [3.05, 3.63) is 0 Å². The molecule has 112 valence electrons. The molecule has 0 aliphatic rings. The fraction of sp³-hybridized carbons (Fsp3) is 0.846. The Labute approximate surface area is 124 Å². The lowest BCUT2D eigenvalue weighted by atomic mass is 9.78. The van der Waals surface area contributed by atoms with E-state index in [9.17, 15) is 9.00 Å². The molecule has 0 aromatic heterocycles. The molecule has 0 radical (unpaired) electrons. The van der Waals surface area contributed by atoms with E-state index in [1.165, 1.54) is 0 Å². The Morgan fingerprint density at radius 2 is 1.84 bits per heavy atom. The van der Waals surface area contributed by atoms with E-state index in [1.54, 1.807) is 6.26 Å². The molecule has 0 bridgehead atoms. The second-order valence-electron chi connectivity index (χ2n) is 4.97. The molecule has 0 rings (SSSR count). The van der Waals surface area contributed by atoms with Gasteiger partial charge in [-0.15, -0.1) is 0 Å². The first-order valence-electron chi connectivity index (χ1n) is 6.72. The van der Waals surface area contributed by atoms with E-state index in [4.69, 9.17) is 18.0 Å². The lowest BCUT2D eigenvalue weighted by Crippen LogP contribution is -2.50. The summed E-state index contributed by atoms with van der Waals surface area (Å²) in [5.74, 6) is -0.124. The first-order valence-corrected chi connectivity index (χ1v) is 8.75. The van der Waals surface area contributed by atoms with Crippen LogP contribution in [0, 0.1) is 5.41 Å². The number of amides is 1. The van der Waals surface area contributed by atoms with Crippen molar-refractivity contribution in [2.24, 2.45) is 11.1 Å². The fourth-order valence-corrected chi connectivity index (χ4v) is 2.70. The Balaban J connectivity index is 4.89. The van der Waals surface area contributed by atoms with E-state index < -0.39 is 16.2 Å². The Morgan fingerprint density at radius 1 is 1.37 bits per heavy atom. The van der Waals surface area contributed by atoms with Crippen molar-refractivity contribution in [1.29, 1.82) is 0 Å². The number of nitrogens with two attached hydrogens (primary N) is 1. The number of thiocarbonyl (C=S) groups is 1. The normalized spacial score (nSPS) is 14.7. The molecule has 0 fully saturated rings. The van der Waals surface area contributed by atoms with E-state index >= 15 is 0 Å². The largest absolute Gasteiger partial charge is 0.392 e. The van der Waals surface area contributed by atoms with E-state index in [2.05, 4.69) is 5.32 Å². The summed E-state index contributed by atoms with van der Waals surface area (Å²) in [7, 11) is -0.951. The summed E-state index contributed by atoms with van der Waals surface area (Å²) in [4.78, 5) is 12.7. The maximum atomic E-state index is 12.4. The SMILES string of the molecule is CCCC(CCC)(C(=O)NCC(C)S(C)=O)C(N)=S. The number of rotatable bonds is 9. The van der Waals surface area contributed by atoms with Gasteiger partial charge in [0.05, 0.1) is 10.4 Å². The molecule has 0 heterocycles. The van der Waals surface area contributed by atoms with Crippen molar-refractivity contribution < 1.29 is 9.00 Å². The quantitative estimate of drug-likeness (QED) is 0.637. The molecular formula is C13H26N2O2S2. The van der Waals surface area contributed by atoms with Gasteiger partial charge in [0.2, 0.25) is 5.91 Å². The third-order valence-electron chi connectivity index (χ3n) is 3.38. The third-order valence-corrected chi connectivity index (χ3v) is 5.07. The fourth-order valence-electron chi connectivity index (χ4n) is 2.09. The predicted molar refractivity (Wildman–Crippen MR) is 85.6 cm³/mol. The van der Waals surface area contributed by atoms with E-state index in [1.807, 2.05) is 20.8 Å². The van der Waals surface area contributed by atoms with Crippen LogP contribution in [0.4, 0.5) is 0 Å². The number of carbonyl (C=O) groups excluding carboxylic acids is 1. The van der Waals surface area contributed by atoms with Crippen LogP contribution in [0.15, 0.2) is 0 Å². The lowest BCUT2D eigenvalue weighted by Gasteiger charge is -2.31. The Bertz CT molecular complexity index is 340. The highest BCUT2D eigenvalue weighted by atomic mass is 32.2. The van der Waals surface area contributed by atoms with Gasteiger partial charge in [-0.3, -0.25) is 9.00 Å². The van der Waals surface area contributed by atoms with Gasteiger partial charge in [-0.2, -0.15) is 0 Å². The minimum atomic E-state index is -0.951. The molecule has 3 N–H and O–H groups in total. The Hall–Kier alpha value is -0.490. The van der Waals surface area contributed by atoms with Gasteiger partial charge in [-0.25, -0.2) is 0 Å². The summed E-state index contributed by atoms with van der Waals surface area (Å²) in [6.07, 6.45) is 4.65. The average Bonchev–Trinajstić information content (AvgIpc) is 2.34. The number of hydrogen-bond donors (Lipinski definition) is 2. The molecule has 19 heavy (non-hydrogen) atoms. The van der Waals surface area contributed by atoms with Crippen molar-refractivity contribution in [2.75, 3.05) is 12.8 Å². The minimum absolute atomic E-state index is 0.0729. The summed E-state index contributed by atoms with van der Waals surface area (Å²) in [5.41, 5.74) is 5.07. The van der Waals surface area contributed by atoms with Crippen molar-refractivity contribution >= 4 is 33.9 Å². The number of hydrogen-bond acceptors (Lipinski definition) is 3. The van der Waals surface area contributed by atoms with Gasteiger partial charge >= 0.3 is 0 Å². The zero-order chi connectivity index (χ0) is 15.1. The predicted octanol–water partition coefficient (Wildman–Crippen LogP) is 1.74. The van der Waals surface area contributed by atoms with Crippen molar-refractivity contribution in [1.82, 2.24) is 5.32 Å². The summed E-state index contributed by atoms with van der Waals surface area (Å²) < 4.78 is 11.3. The highest BCUT2D eigenvalue weighted by Crippen LogP contribution is 2.30. The molecule has 6 heteroatoms. The van der Waals surface area contributed by atoms with E-state index in [0.717, 1.165) is 12.8 Å². The lowest BCUT2D eigenvalue weighted by molar-refractivity contribution is -0.128. The van der Waals surface area contributed by atoms with Crippen molar-refractivity contribution in [2.45, 2.75) is 51.7 Å². The van der Waals surface area contributed by atoms with Crippen LogP contribution in [-0.2, 0) is 15.6 Å². The van der Waals surface area contributed by atoms with Crippen LogP contribution in [0.25, 0.3) is 0 Å². The van der Waals surface area contributed by atoms with Gasteiger partial charge in [0.15, 0.2) is 0 Å². The number of carbonyl (C=O) groups is 1. The van der Waals surface area contributed by atoms with Crippen LogP contribution in [0.1, 0.15) is 46.5 Å². The standard InChI is InChI=1S/C13H26N2O2S2/c1-5-7-13(8-6-2,11(14)18)12(16)15-9-10(3)19(4)17/h10H,5-9H2,1-4H3,(H2,14,18)(H,15,16). The molecule has 0 aliphatic heterocycles. The molecular weight excluding hydrogens is 280 g/mol. The minimum Gasteiger partial charge on any atom is -0.392 e. The summed E-state index contributed by atoms with van der Waals surface area (Å²) in [5, 5.41) is 2.78. The maximum absolute atomic E-state index is 12.4. The first-order chi connectivity index (χ1) is 8.81. The highest BCUT2D eigenvalue weighted by molar-refractivity contribution is 7.84. The van der Waals surface area contributed by atoms with Gasteiger partial charge in [0, 0.05) is 28.9 Å². The van der Waals surface area contributed by atoms with Crippen LogP contribution in [-0.4, -0.2) is 33.2 Å². The van der Waals surface area contributed by atoms with E-state index in [0.29, 0.717) is 19.4 Å². The molecule has 0 aromatic carbocycles. The van der Waals surface area contributed by atoms with E-state index in [-0.39, 0.29) is 16.1 Å². The molecule has 2 unspecified atom stereocenters. The van der Waals surface area contributed by atoms with Crippen LogP contribution in [0.2, 0.25) is 0 Å². The van der Waals surface area contributed by atoms with Gasteiger partial charge in [-0.1, -0.05) is 38.9 Å². The highest BCUT2D eigenvalue weighted by Gasteiger charge is 2.39. The summed E-state index contributed by atoms with van der Waals surface area (Å²) in [6, 6.07) is 0. The third kappa shape index (κ3) is 5.18. The maximum Gasteiger partial charge on any atom is 0.233 e. The molecule has 0 saturated carbocycles. The summed E-state index contributed by atoms with van der Waals surface area (Å²) in [6.45, 7) is 6.26. The van der Waals surface area contributed by atoms with Crippen LogP contribution < -0.4 is 11.1 Å². The van der Waals surface area contributed by atoms with Gasteiger partial charge < -0.3 is 11.1 Å². The van der Waals surface area contributed by atoms with Gasteiger partial charge in [0.1, 0.15) is 0 Å². The van der Waals surface area contributed by atoms with Crippen molar-refractivity contribution in [3.63, 3.8) is 0 Å². The Morgan fingerprint density at radius 3 is 2.16 bits per heavy atom. The molecule has 0 aliphatic carbocycles. The smallest absolute Gasteiger partial charge is 0.233 e. The topological polar surface area (TPSA) is 72.2 Å². The molecule has 4 nitrogen and oxygen atoms in total. The first kappa shape index (κ1) is 18.5. The van der Waals surface area contributed by atoms with Crippen LogP contribution in [0.5, 0.6) is 0 Å². The van der Waals surface area contributed by atoms with Crippen LogP contribution in [0.3, 0.4) is 0 Å². The zero-order valence-corrected chi connectivity index (χ0v) is 14.0. The van der Waals surface area contributed by atoms with Gasteiger partial charge in [0.25, 0.3) is 0 Å². The Kier molecular flexibility index (Phi) is 8.41. The number of nitrogens with one attached hydrogen (secondary N) is 1. The van der Waals surface area contributed by atoms with Crippen molar-refractivity contribution in [3.8, 4) is 0 Å². The molecule has 0 spiro atoms. The monoisotopic (exact) mass is 306 g/mol. The summed E-state index contributed by atoms with van der Waals surface area (Å²) >= 11 is 5.12. The average molecular weight is 306 g/mol. The molecule has 0 saturated heterocycles. The second-order valence-corrected chi connectivity index (χ2v) is 7.21. The van der Waals surface area contributed by atoms with Gasteiger partial charge in [-0.05, 0) is 19.8 Å². The van der Waals surface area contributed by atoms with Crippen LogP contribution >= 0.6 is 12.2 Å². The molecule has 1 amide bonds.